The summed E-state index contributed by atoms with van der Waals surface area (Å²) in [4.78, 5) is 3.83. The summed E-state index contributed by atoms with van der Waals surface area (Å²) in [7, 11) is 1.64. The summed E-state index contributed by atoms with van der Waals surface area (Å²) in [6.45, 7) is 4.86. The Balaban J connectivity index is 2.44. The van der Waals surface area contributed by atoms with Crippen LogP contribution in [0.3, 0.4) is 0 Å². The molecule has 0 spiro atoms. The molecule has 1 aromatic rings. The van der Waals surface area contributed by atoms with Gasteiger partial charge in [0.15, 0.2) is 5.96 Å². The highest BCUT2D eigenvalue weighted by atomic mass is 19.3. The van der Waals surface area contributed by atoms with Crippen molar-refractivity contribution in [2.75, 3.05) is 26.7 Å². The van der Waals surface area contributed by atoms with Crippen molar-refractivity contribution < 1.29 is 13.5 Å². The van der Waals surface area contributed by atoms with Gasteiger partial charge < -0.3 is 15.4 Å². The predicted octanol–water partition coefficient (Wildman–Crippen LogP) is 3.01. The molecule has 0 saturated heterocycles. The predicted molar refractivity (Wildman–Crippen MR) is 86.0 cm³/mol. The third kappa shape index (κ3) is 6.74. The van der Waals surface area contributed by atoms with Gasteiger partial charge in [-0.05, 0) is 37.0 Å². The molecule has 2 N–H and O–H groups in total. The molecule has 0 saturated carbocycles. The smallest absolute Gasteiger partial charge is 0.257 e. The van der Waals surface area contributed by atoms with Crippen molar-refractivity contribution in [3.8, 4) is 5.75 Å². The Hall–Kier alpha value is -1.85. The standard InChI is InChI=1S/C16H25F2N3O/c1-4-19-16(21-11-15(17)18)20-10-9-12(2)13-5-7-14(22-3)8-6-13/h5-8,12,15H,4,9-11H2,1-3H3,(H2,19,20,21). The summed E-state index contributed by atoms with van der Waals surface area (Å²) in [5, 5.41) is 6.04. The summed E-state index contributed by atoms with van der Waals surface area (Å²) in [6.07, 6.45) is -1.54. The molecule has 0 bridgehead atoms. The Morgan fingerprint density at radius 2 is 1.91 bits per heavy atom. The van der Waals surface area contributed by atoms with Gasteiger partial charge in [-0.1, -0.05) is 19.1 Å². The van der Waals surface area contributed by atoms with E-state index in [4.69, 9.17) is 4.74 Å². The summed E-state index contributed by atoms with van der Waals surface area (Å²) < 4.78 is 29.5. The molecule has 0 aromatic heterocycles. The molecule has 22 heavy (non-hydrogen) atoms. The number of nitrogens with one attached hydrogen (secondary N) is 2. The number of hydrogen-bond donors (Lipinski definition) is 2. The van der Waals surface area contributed by atoms with E-state index in [9.17, 15) is 8.78 Å². The maximum absolute atomic E-state index is 12.2. The number of hydrogen-bond acceptors (Lipinski definition) is 2. The molecular formula is C16H25F2N3O. The number of alkyl halides is 2. The maximum atomic E-state index is 12.2. The number of guanidine groups is 1. The monoisotopic (exact) mass is 313 g/mol. The molecule has 1 atom stereocenters. The second kappa shape index (κ2) is 9.97. The van der Waals surface area contributed by atoms with Crippen molar-refractivity contribution in [1.82, 2.24) is 10.6 Å². The van der Waals surface area contributed by atoms with Crippen molar-refractivity contribution in [2.45, 2.75) is 32.6 Å². The van der Waals surface area contributed by atoms with Crippen LogP contribution in [-0.4, -0.2) is 39.1 Å². The number of halogens is 2. The zero-order valence-corrected chi connectivity index (χ0v) is 13.4. The van der Waals surface area contributed by atoms with E-state index in [1.54, 1.807) is 7.11 Å². The molecule has 0 radical (unpaired) electrons. The van der Waals surface area contributed by atoms with E-state index in [1.807, 2.05) is 31.2 Å². The Morgan fingerprint density at radius 1 is 1.23 bits per heavy atom. The summed E-state index contributed by atoms with van der Waals surface area (Å²) in [5.41, 5.74) is 1.22. The highest BCUT2D eigenvalue weighted by molar-refractivity contribution is 5.79. The lowest BCUT2D eigenvalue weighted by molar-refractivity contribution is 0.158. The van der Waals surface area contributed by atoms with Gasteiger partial charge in [-0.2, -0.15) is 0 Å². The Bertz CT molecular complexity index is 449. The van der Waals surface area contributed by atoms with E-state index in [0.717, 1.165) is 12.2 Å². The fourth-order valence-corrected chi connectivity index (χ4v) is 2.01. The highest BCUT2D eigenvalue weighted by Crippen LogP contribution is 2.21. The van der Waals surface area contributed by atoms with Crippen LogP contribution in [0.1, 0.15) is 31.7 Å². The Labute approximate surface area is 131 Å². The molecule has 6 heteroatoms. The molecule has 0 amide bonds. The molecule has 1 unspecified atom stereocenters. The lowest BCUT2D eigenvalue weighted by Gasteiger charge is -2.15. The average molecular weight is 313 g/mol. The maximum Gasteiger partial charge on any atom is 0.257 e. The molecule has 0 fully saturated rings. The molecule has 4 nitrogen and oxygen atoms in total. The minimum Gasteiger partial charge on any atom is -0.497 e. The number of aliphatic imine (C=N–C) groups is 1. The van der Waals surface area contributed by atoms with Crippen LogP contribution in [0.2, 0.25) is 0 Å². The van der Waals surface area contributed by atoms with E-state index in [-0.39, 0.29) is 0 Å². The second-order valence-electron chi connectivity index (χ2n) is 5.00. The van der Waals surface area contributed by atoms with Crippen molar-refractivity contribution in [1.29, 1.82) is 0 Å². The third-order valence-corrected chi connectivity index (χ3v) is 3.29. The Morgan fingerprint density at radius 3 is 2.45 bits per heavy atom. The van der Waals surface area contributed by atoms with Gasteiger partial charge in [0.2, 0.25) is 0 Å². The summed E-state index contributed by atoms with van der Waals surface area (Å²) in [5.74, 6) is 1.63. The van der Waals surface area contributed by atoms with Crippen LogP contribution in [0, 0.1) is 0 Å². The Kier molecular flexibility index (Phi) is 8.25. The van der Waals surface area contributed by atoms with Crippen LogP contribution in [0.5, 0.6) is 5.75 Å². The topological polar surface area (TPSA) is 45.7 Å². The summed E-state index contributed by atoms with van der Waals surface area (Å²) >= 11 is 0. The van der Waals surface area contributed by atoms with Gasteiger partial charge in [0.05, 0.1) is 7.11 Å². The number of nitrogens with zero attached hydrogens (tertiary/aromatic N) is 1. The van der Waals surface area contributed by atoms with Crippen molar-refractivity contribution in [2.24, 2.45) is 4.99 Å². The third-order valence-electron chi connectivity index (χ3n) is 3.29. The molecule has 0 aliphatic carbocycles. The molecule has 0 aliphatic heterocycles. The van der Waals surface area contributed by atoms with E-state index < -0.39 is 13.0 Å². The van der Waals surface area contributed by atoms with Crippen LogP contribution in [0.4, 0.5) is 8.78 Å². The van der Waals surface area contributed by atoms with Gasteiger partial charge in [0, 0.05) is 13.1 Å². The van der Waals surface area contributed by atoms with E-state index >= 15 is 0 Å². The largest absolute Gasteiger partial charge is 0.497 e. The number of benzene rings is 1. The van der Waals surface area contributed by atoms with Crippen LogP contribution in [-0.2, 0) is 0 Å². The number of ether oxygens (including phenoxy) is 1. The molecule has 0 heterocycles. The fraction of sp³-hybridized carbons (Fsp3) is 0.562. The average Bonchev–Trinajstić information content (AvgIpc) is 2.52. The lowest BCUT2D eigenvalue weighted by Crippen LogP contribution is -2.38. The first-order chi connectivity index (χ1) is 10.6. The molecule has 1 aromatic carbocycles. The minimum atomic E-state index is -2.42. The van der Waals surface area contributed by atoms with Crippen molar-refractivity contribution in [3.63, 3.8) is 0 Å². The van der Waals surface area contributed by atoms with Crippen molar-refractivity contribution >= 4 is 5.96 Å². The van der Waals surface area contributed by atoms with Gasteiger partial charge in [-0.3, -0.25) is 0 Å². The first kappa shape index (κ1) is 18.2. The number of rotatable bonds is 8. The quantitative estimate of drug-likeness (QED) is 0.573. The molecule has 124 valence electrons. The second-order valence-corrected chi connectivity index (χ2v) is 5.00. The van der Waals surface area contributed by atoms with Crippen molar-refractivity contribution in [3.05, 3.63) is 29.8 Å². The van der Waals surface area contributed by atoms with Gasteiger partial charge in [-0.25, -0.2) is 13.8 Å². The normalized spacial score (nSPS) is 13.1. The van der Waals surface area contributed by atoms with Gasteiger partial charge in [0.25, 0.3) is 6.43 Å². The lowest BCUT2D eigenvalue weighted by atomic mass is 9.98. The van der Waals surface area contributed by atoms with E-state index in [1.165, 1.54) is 5.56 Å². The molecular weight excluding hydrogens is 288 g/mol. The van der Waals surface area contributed by atoms with Gasteiger partial charge in [-0.15, -0.1) is 0 Å². The van der Waals surface area contributed by atoms with Crippen LogP contribution in [0.15, 0.2) is 29.3 Å². The fourth-order valence-electron chi connectivity index (χ4n) is 2.01. The molecule has 1 rings (SSSR count). The first-order valence-corrected chi connectivity index (χ1v) is 7.51. The first-order valence-electron chi connectivity index (χ1n) is 7.51. The van der Waals surface area contributed by atoms with Crippen LogP contribution in [0.25, 0.3) is 0 Å². The number of methoxy groups -OCH3 is 1. The highest BCUT2D eigenvalue weighted by Gasteiger charge is 2.07. The zero-order chi connectivity index (χ0) is 16.4. The van der Waals surface area contributed by atoms with Crippen LogP contribution >= 0.6 is 0 Å². The molecule has 0 aliphatic rings. The van der Waals surface area contributed by atoms with E-state index in [2.05, 4.69) is 22.5 Å². The van der Waals surface area contributed by atoms with Crippen LogP contribution < -0.4 is 15.4 Å². The SMILES string of the molecule is CCNC(=NCC(F)F)NCCC(C)c1ccc(OC)cc1. The van der Waals surface area contributed by atoms with Gasteiger partial charge >= 0.3 is 0 Å². The van der Waals surface area contributed by atoms with E-state index in [0.29, 0.717) is 25.0 Å². The minimum absolute atomic E-state index is 0.358. The zero-order valence-electron chi connectivity index (χ0n) is 13.4. The van der Waals surface area contributed by atoms with Gasteiger partial charge in [0.1, 0.15) is 12.3 Å². The summed E-state index contributed by atoms with van der Waals surface area (Å²) in [6, 6.07) is 7.96.